The summed E-state index contributed by atoms with van der Waals surface area (Å²) in [6, 6.07) is 2.03. The Kier molecular flexibility index (Phi) is 4.29. The van der Waals surface area contributed by atoms with E-state index in [1.165, 1.54) is 0 Å². The molecule has 6 nitrogen and oxygen atoms in total. The molecule has 0 amide bonds. The van der Waals surface area contributed by atoms with Gasteiger partial charge in [0.1, 0.15) is 6.04 Å². The molecule has 102 valence electrons. The minimum atomic E-state index is -1.43. The number of benzene rings is 1. The van der Waals surface area contributed by atoms with Crippen LogP contribution in [0, 0.1) is 13.8 Å². The maximum Gasteiger partial charge on any atom is 0.370 e. The normalized spacial score (nSPS) is 13.1. The summed E-state index contributed by atoms with van der Waals surface area (Å²) in [7, 11) is 0. The Hall–Kier alpha value is -2.34. The number of hydrogen-bond acceptors (Lipinski definition) is 4. The van der Waals surface area contributed by atoms with Crippen molar-refractivity contribution in [2.75, 3.05) is 0 Å². The van der Waals surface area contributed by atoms with E-state index in [1.54, 1.807) is 26.0 Å². The second kappa shape index (κ2) is 5.53. The lowest BCUT2D eigenvalue weighted by Gasteiger charge is -2.13. The van der Waals surface area contributed by atoms with Gasteiger partial charge in [0.2, 0.25) is 5.76 Å². The van der Waals surface area contributed by atoms with Crippen molar-refractivity contribution in [3.8, 4) is 0 Å². The molecule has 19 heavy (non-hydrogen) atoms. The Morgan fingerprint density at radius 2 is 1.74 bits per heavy atom. The monoisotopic (exact) mass is 265 g/mol. The van der Waals surface area contributed by atoms with Crippen molar-refractivity contribution in [1.82, 2.24) is 0 Å². The highest BCUT2D eigenvalue weighted by atomic mass is 16.4. The van der Waals surface area contributed by atoms with E-state index in [1.807, 2.05) is 0 Å². The molecule has 0 aliphatic carbocycles. The SMILES string of the molecule is Cc1cc(C(N)C(=O)O)c(C)cc1/C=C(\O)C(=O)O. The predicted molar refractivity (Wildman–Crippen MR) is 68.7 cm³/mol. The number of hydrogen-bond donors (Lipinski definition) is 4. The second-order valence-corrected chi connectivity index (χ2v) is 4.22. The fourth-order valence-corrected chi connectivity index (χ4v) is 1.69. The maximum absolute atomic E-state index is 10.9. The third-order valence-electron chi connectivity index (χ3n) is 2.77. The summed E-state index contributed by atoms with van der Waals surface area (Å²) in [6.07, 6.45) is 1.11. The van der Waals surface area contributed by atoms with Crippen LogP contribution in [0.4, 0.5) is 0 Å². The van der Waals surface area contributed by atoms with Crippen LogP contribution in [0.25, 0.3) is 6.08 Å². The summed E-state index contributed by atoms with van der Waals surface area (Å²) in [4.78, 5) is 21.4. The Morgan fingerprint density at radius 1 is 1.16 bits per heavy atom. The van der Waals surface area contributed by atoms with Crippen LogP contribution in [0.2, 0.25) is 0 Å². The van der Waals surface area contributed by atoms with Gasteiger partial charge in [-0.15, -0.1) is 0 Å². The fourth-order valence-electron chi connectivity index (χ4n) is 1.69. The van der Waals surface area contributed by atoms with E-state index in [0.717, 1.165) is 6.08 Å². The molecule has 0 aliphatic heterocycles. The van der Waals surface area contributed by atoms with Gasteiger partial charge >= 0.3 is 11.9 Å². The van der Waals surface area contributed by atoms with Crippen LogP contribution in [0.1, 0.15) is 28.3 Å². The molecule has 1 rings (SSSR count). The van der Waals surface area contributed by atoms with Gasteiger partial charge in [-0.1, -0.05) is 12.1 Å². The van der Waals surface area contributed by atoms with E-state index in [0.29, 0.717) is 22.3 Å². The molecular weight excluding hydrogens is 250 g/mol. The zero-order chi connectivity index (χ0) is 14.7. The highest BCUT2D eigenvalue weighted by Crippen LogP contribution is 2.22. The molecule has 0 saturated carbocycles. The topological polar surface area (TPSA) is 121 Å². The van der Waals surface area contributed by atoms with Gasteiger partial charge in [0.25, 0.3) is 0 Å². The highest BCUT2D eigenvalue weighted by Gasteiger charge is 2.17. The summed E-state index contributed by atoms with van der Waals surface area (Å²) in [5.41, 5.74) is 7.75. The number of nitrogens with two attached hydrogens (primary N) is 1. The number of aliphatic hydroxyl groups is 1. The van der Waals surface area contributed by atoms with Crippen LogP contribution in [0.5, 0.6) is 0 Å². The smallest absolute Gasteiger partial charge is 0.370 e. The van der Waals surface area contributed by atoms with Crippen molar-refractivity contribution < 1.29 is 24.9 Å². The van der Waals surface area contributed by atoms with E-state index in [4.69, 9.17) is 15.9 Å². The van der Waals surface area contributed by atoms with Crippen molar-refractivity contribution >= 4 is 18.0 Å². The van der Waals surface area contributed by atoms with Gasteiger partial charge < -0.3 is 21.1 Å². The number of aliphatic hydroxyl groups excluding tert-OH is 1. The van der Waals surface area contributed by atoms with E-state index in [2.05, 4.69) is 0 Å². The number of aliphatic carboxylic acids is 2. The third-order valence-corrected chi connectivity index (χ3v) is 2.77. The van der Waals surface area contributed by atoms with Gasteiger partial charge in [0.15, 0.2) is 0 Å². The summed E-state index contributed by atoms with van der Waals surface area (Å²) in [5.74, 6) is -3.35. The van der Waals surface area contributed by atoms with E-state index in [9.17, 15) is 14.7 Å². The first-order valence-electron chi connectivity index (χ1n) is 5.47. The van der Waals surface area contributed by atoms with Crippen LogP contribution in [-0.4, -0.2) is 27.3 Å². The fraction of sp³-hybridized carbons (Fsp3) is 0.231. The van der Waals surface area contributed by atoms with Crippen molar-refractivity contribution in [1.29, 1.82) is 0 Å². The number of carboxylic acid groups (broad SMARTS) is 2. The van der Waals surface area contributed by atoms with Crippen LogP contribution >= 0.6 is 0 Å². The standard InChI is InChI=1S/C13H15NO5/c1-6-4-9(11(14)13(18)19)7(2)3-8(6)5-10(15)12(16)17/h3-5,11,15H,14H2,1-2H3,(H,16,17)(H,18,19)/b10-5-. The summed E-state index contributed by atoms with van der Waals surface area (Å²) in [6.45, 7) is 3.35. The number of rotatable bonds is 4. The number of carbonyl (C=O) groups is 2. The van der Waals surface area contributed by atoms with Crippen molar-refractivity contribution in [3.63, 3.8) is 0 Å². The first-order valence-corrected chi connectivity index (χ1v) is 5.47. The number of aryl methyl sites for hydroxylation is 2. The summed E-state index contributed by atoms with van der Waals surface area (Å²) >= 11 is 0. The summed E-state index contributed by atoms with van der Waals surface area (Å²) in [5, 5.41) is 26.7. The molecule has 0 spiro atoms. The van der Waals surface area contributed by atoms with Gasteiger partial charge in [-0.3, -0.25) is 4.79 Å². The molecule has 1 aromatic rings. The van der Waals surface area contributed by atoms with Crippen LogP contribution in [0.15, 0.2) is 17.9 Å². The van der Waals surface area contributed by atoms with Crippen molar-refractivity contribution in [2.45, 2.75) is 19.9 Å². The molecule has 0 fully saturated rings. The molecule has 0 radical (unpaired) electrons. The molecule has 0 bridgehead atoms. The van der Waals surface area contributed by atoms with E-state index in [-0.39, 0.29) is 0 Å². The van der Waals surface area contributed by atoms with Crippen molar-refractivity contribution in [2.24, 2.45) is 5.73 Å². The van der Waals surface area contributed by atoms with Gasteiger partial charge in [-0.05, 0) is 42.2 Å². The zero-order valence-electron chi connectivity index (χ0n) is 10.5. The molecular formula is C13H15NO5. The zero-order valence-corrected chi connectivity index (χ0v) is 10.5. The molecule has 1 atom stereocenters. The number of carboxylic acids is 2. The van der Waals surface area contributed by atoms with Gasteiger partial charge in [0, 0.05) is 0 Å². The van der Waals surface area contributed by atoms with Crippen LogP contribution < -0.4 is 5.73 Å². The molecule has 5 N–H and O–H groups in total. The minimum absolute atomic E-state index is 0.456. The largest absolute Gasteiger partial charge is 0.502 e. The Labute approximate surface area is 109 Å². The van der Waals surface area contributed by atoms with E-state index >= 15 is 0 Å². The Bertz CT molecular complexity index is 562. The minimum Gasteiger partial charge on any atom is -0.502 e. The molecule has 0 saturated heterocycles. The summed E-state index contributed by atoms with van der Waals surface area (Å²) < 4.78 is 0. The predicted octanol–water partition coefficient (Wildman–Crippen LogP) is 1.37. The quantitative estimate of drug-likeness (QED) is 0.482. The Balaban J connectivity index is 3.29. The molecule has 0 aromatic heterocycles. The third kappa shape index (κ3) is 3.32. The van der Waals surface area contributed by atoms with E-state index < -0.39 is 23.7 Å². The molecule has 0 heterocycles. The van der Waals surface area contributed by atoms with Crippen LogP contribution in [-0.2, 0) is 9.59 Å². The molecule has 0 aliphatic rings. The average Bonchev–Trinajstić information content (AvgIpc) is 2.32. The highest BCUT2D eigenvalue weighted by molar-refractivity contribution is 5.89. The Morgan fingerprint density at radius 3 is 2.21 bits per heavy atom. The first-order chi connectivity index (χ1) is 8.73. The molecule has 1 aromatic carbocycles. The van der Waals surface area contributed by atoms with Gasteiger partial charge in [-0.2, -0.15) is 0 Å². The second-order valence-electron chi connectivity index (χ2n) is 4.22. The average molecular weight is 265 g/mol. The molecule has 6 heteroatoms. The van der Waals surface area contributed by atoms with Crippen molar-refractivity contribution in [3.05, 3.63) is 40.1 Å². The van der Waals surface area contributed by atoms with Gasteiger partial charge in [0.05, 0.1) is 0 Å². The lowest BCUT2D eigenvalue weighted by atomic mass is 9.95. The lowest BCUT2D eigenvalue weighted by molar-refractivity contribution is -0.138. The van der Waals surface area contributed by atoms with Crippen LogP contribution in [0.3, 0.4) is 0 Å². The maximum atomic E-state index is 10.9. The lowest BCUT2D eigenvalue weighted by Crippen LogP contribution is -2.21. The van der Waals surface area contributed by atoms with Gasteiger partial charge in [-0.25, -0.2) is 4.79 Å². The first kappa shape index (κ1) is 14.7. The molecule has 1 unspecified atom stereocenters.